The van der Waals surface area contributed by atoms with Gasteiger partial charge in [0.15, 0.2) is 11.6 Å². The molecule has 0 spiro atoms. The van der Waals surface area contributed by atoms with Crippen molar-refractivity contribution >= 4 is 0 Å². The van der Waals surface area contributed by atoms with Gasteiger partial charge in [0, 0.05) is 19.5 Å². The van der Waals surface area contributed by atoms with E-state index in [0.29, 0.717) is 0 Å². The summed E-state index contributed by atoms with van der Waals surface area (Å²) in [5.41, 5.74) is 0. The predicted octanol–water partition coefficient (Wildman–Crippen LogP) is 1.96. The molecule has 0 heterocycles. The molecule has 0 saturated heterocycles. The summed E-state index contributed by atoms with van der Waals surface area (Å²) in [4.78, 5) is 0. The van der Waals surface area contributed by atoms with Gasteiger partial charge in [0.2, 0.25) is 0 Å². The van der Waals surface area contributed by atoms with E-state index in [-0.39, 0.29) is 19.5 Å². The van der Waals surface area contributed by atoms with E-state index in [4.69, 9.17) is 0 Å². The van der Waals surface area contributed by atoms with Gasteiger partial charge in [-0.25, -0.2) is 8.78 Å². The first-order valence-corrected chi connectivity index (χ1v) is 2.21. The largest absolute Gasteiger partial charge is 0.204 e. The number of benzene rings is 1. The minimum absolute atomic E-state index is 0. The van der Waals surface area contributed by atoms with Crippen molar-refractivity contribution in [3.8, 4) is 0 Å². The fourth-order valence-corrected chi connectivity index (χ4v) is 0.439. The Morgan fingerprint density at radius 3 is 1.44 bits per heavy atom. The van der Waals surface area contributed by atoms with Crippen molar-refractivity contribution in [2.45, 2.75) is 0 Å². The van der Waals surface area contributed by atoms with Gasteiger partial charge >= 0.3 is 0 Å². The molecule has 0 atom stereocenters. The van der Waals surface area contributed by atoms with Crippen LogP contribution in [0.2, 0.25) is 0 Å². The Balaban J connectivity index is 0.000000640. The Bertz CT molecular complexity index is 167. The molecule has 44 valence electrons. The van der Waals surface area contributed by atoms with E-state index < -0.39 is 11.6 Å². The van der Waals surface area contributed by atoms with Gasteiger partial charge in [0.25, 0.3) is 0 Å². The maximum absolute atomic E-state index is 11.9. The smallest absolute Gasteiger partial charge is 0.158 e. The molecule has 0 aliphatic carbocycles. The zero-order valence-electron chi connectivity index (χ0n) is 4.77. The van der Waals surface area contributed by atoms with Gasteiger partial charge in [0.1, 0.15) is 0 Å². The molecule has 1 aromatic carbocycles. The molecule has 3 heteroatoms. The van der Waals surface area contributed by atoms with Crippen LogP contribution in [-0.4, -0.2) is 0 Å². The van der Waals surface area contributed by atoms with Gasteiger partial charge in [-0.15, -0.1) is 0 Å². The van der Waals surface area contributed by atoms with E-state index in [1.54, 1.807) is 0 Å². The van der Waals surface area contributed by atoms with Gasteiger partial charge in [-0.2, -0.15) is 0 Å². The van der Waals surface area contributed by atoms with E-state index in [2.05, 4.69) is 0 Å². The Morgan fingerprint density at radius 1 is 0.889 bits per heavy atom. The molecule has 9 heavy (non-hydrogen) atoms. The molecule has 0 aliphatic rings. The van der Waals surface area contributed by atoms with E-state index in [9.17, 15) is 8.78 Å². The first-order valence-electron chi connectivity index (χ1n) is 2.21. The van der Waals surface area contributed by atoms with Crippen LogP contribution in [0.4, 0.5) is 8.78 Å². The van der Waals surface area contributed by atoms with Crippen molar-refractivity contribution in [1.82, 2.24) is 0 Å². The van der Waals surface area contributed by atoms with Crippen LogP contribution >= 0.6 is 0 Å². The van der Waals surface area contributed by atoms with Gasteiger partial charge in [-0.1, -0.05) is 12.1 Å². The minimum Gasteiger partial charge on any atom is -0.204 e. The van der Waals surface area contributed by atoms with Gasteiger partial charge in [-0.3, -0.25) is 0 Å². The topological polar surface area (TPSA) is 0 Å². The molecule has 0 nitrogen and oxygen atoms in total. The number of halogens is 2. The van der Waals surface area contributed by atoms with Crippen LogP contribution in [0, 0.1) is 11.6 Å². The van der Waals surface area contributed by atoms with Gasteiger partial charge in [-0.05, 0) is 12.1 Å². The summed E-state index contributed by atoms with van der Waals surface area (Å²) < 4.78 is 23.9. The average Bonchev–Trinajstić information content (AvgIpc) is 1.77. The third kappa shape index (κ3) is 2.19. The number of rotatable bonds is 0. The molecule has 0 amide bonds. The summed E-state index contributed by atoms with van der Waals surface area (Å²) in [5, 5.41) is 0. The molecule has 0 aromatic heterocycles. The molecule has 1 aromatic rings. The first kappa shape index (κ1) is 8.70. The normalized spacial score (nSPS) is 8.22. The van der Waals surface area contributed by atoms with E-state index in [0.717, 1.165) is 12.1 Å². The molecular formula is C6H4F2Zn. The molecule has 0 unspecified atom stereocenters. The maximum Gasteiger partial charge on any atom is 0.158 e. The van der Waals surface area contributed by atoms with Crippen LogP contribution in [0.3, 0.4) is 0 Å². The van der Waals surface area contributed by atoms with Crippen molar-refractivity contribution in [2.75, 3.05) is 0 Å². The molecule has 0 fully saturated rings. The van der Waals surface area contributed by atoms with E-state index in [1.807, 2.05) is 0 Å². The predicted molar refractivity (Wildman–Crippen MR) is 26.4 cm³/mol. The van der Waals surface area contributed by atoms with Crippen LogP contribution in [0.15, 0.2) is 24.3 Å². The Kier molecular flexibility index (Phi) is 3.56. The summed E-state index contributed by atoms with van der Waals surface area (Å²) in [6.45, 7) is 0. The van der Waals surface area contributed by atoms with Crippen LogP contribution in [0.5, 0.6) is 0 Å². The number of hydrogen-bond acceptors (Lipinski definition) is 0. The van der Waals surface area contributed by atoms with E-state index >= 15 is 0 Å². The van der Waals surface area contributed by atoms with E-state index in [1.165, 1.54) is 12.1 Å². The van der Waals surface area contributed by atoms with Crippen molar-refractivity contribution in [1.29, 1.82) is 0 Å². The minimum atomic E-state index is -0.799. The molecule has 0 saturated carbocycles. The zero-order chi connectivity index (χ0) is 5.98. The summed E-state index contributed by atoms with van der Waals surface area (Å²) in [6.07, 6.45) is 0. The molecule has 0 aliphatic heterocycles. The summed E-state index contributed by atoms with van der Waals surface area (Å²) >= 11 is 0. The maximum atomic E-state index is 11.9. The number of hydrogen-bond donors (Lipinski definition) is 0. The fourth-order valence-electron chi connectivity index (χ4n) is 0.439. The van der Waals surface area contributed by atoms with Crippen LogP contribution in [0.25, 0.3) is 0 Å². The van der Waals surface area contributed by atoms with Gasteiger partial charge in [0.05, 0.1) is 0 Å². The van der Waals surface area contributed by atoms with Crippen LogP contribution in [-0.2, 0) is 19.5 Å². The average molecular weight is 179 g/mol. The molecule has 0 bridgehead atoms. The summed E-state index contributed by atoms with van der Waals surface area (Å²) in [5.74, 6) is -1.60. The second kappa shape index (κ2) is 3.68. The fraction of sp³-hybridized carbons (Fsp3) is 0. The Morgan fingerprint density at radius 2 is 1.22 bits per heavy atom. The molecule has 0 N–H and O–H groups in total. The summed E-state index contributed by atoms with van der Waals surface area (Å²) in [6, 6.07) is 5.04. The van der Waals surface area contributed by atoms with Crippen molar-refractivity contribution in [3.05, 3.63) is 35.9 Å². The molecule has 1 rings (SSSR count). The van der Waals surface area contributed by atoms with Crippen molar-refractivity contribution < 1.29 is 28.3 Å². The van der Waals surface area contributed by atoms with Gasteiger partial charge < -0.3 is 0 Å². The molecule has 0 radical (unpaired) electrons. The first-order chi connectivity index (χ1) is 3.80. The second-order valence-corrected chi connectivity index (χ2v) is 1.41. The third-order valence-electron chi connectivity index (χ3n) is 0.824. The quantitative estimate of drug-likeness (QED) is 0.534. The zero-order valence-corrected chi connectivity index (χ0v) is 7.74. The van der Waals surface area contributed by atoms with Crippen molar-refractivity contribution in [2.24, 2.45) is 0 Å². The second-order valence-electron chi connectivity index (χ2n) is 1.41. The molecular weight excluding hydrogens is 175 g/mol. The Labute approximate surface area is 64.6 Å². The van der Waals surface area contributed by atoms with Crippen molar-refractivity contribution in [3.63, 3.8) is 0 Å². The SMILES string of the molecule is Fc1ccccc1F.[Zn]. The third-order valence-corrected chi connectivity index (χ3v) is 0.824. The summed E-state index contributed by atoms with van der Waals surface area (Å²) in [7, 11) is 0. The Hall–Kier alpha value is -0.297. The monoisotopic (exact) mass is 178 g/mol. The van der Waals surface area contributed by atoms with Crippen LogP contribution < -0.4 is 0 Å². The standard InChI is InChI=1S/C6H4F2.Zn/c7-5-3-1-2-4-6(5)8;/h1-4H;. The van der Waals surface area contributed by atoms with Crippen LogP contribution in [0.1, 0.15) is 0 Å².